The van der Waals surface area contributed by atoms with Crippen molar-refractivity contribution in [3.63, 3.8) is 0 Å². The van der Waals surface area contributed by atoms with Gasteiger partial charge in [-0.15, -0.1) is 0 Å². The first-order chi connectivity index (χ1) is 8.72. The molecular weight excluding hydrogens is 276 g/mol. The average Bonchev–Trinajstić information content (AvgIpc) is 2.28. The summed E-state index contributed by atoms with van der Waals surface area (Å²) in [6.07, 6.45) is -0.592. The molecule has 3 nitrogen and oxygen atoms in total. The van der Waals surface area contributed by atoms with Crippen LogP contribution >= 0.6 is 11.6 Å². The van der Waals surface area contributed by atoms with Gasteiger partial charge in [-0.1, -0.05) is 11.6 Å². The van der Waals surface area contributed by atoms with Gasteiger partial charge >= 0.3 is 6.61 Å². The first kappa shape index (κ1) is 16.1. The summed E-state index contributed by atoms with van der Waals surface area (Å²) in [5, 5.41) is 13.1. The van der Waals surface area contributed by atoms with Gasteiger partial charge in [0.15, 0.2) is 0 Å². The van der Waals surface area contributed by atoms with Crippen LogP contribution in [0, 0.1) is 0 Å². The molecule has 0 aliphatic carbocycles. The van der Waals surface area contributed by atoms with Crippen molar-refractivity contribution in [3.05, 3.63) is 28.8 Å². The molecule has 0 fully saturated rings. The third kappa shape index (κ3) is 4.93. The fourth-order valence-corrected chi connectivity index (χ4v) is 1.56. The summed E-state index contributed by atoms with van der Waals surface area (Å²) in [4.78, 5) is 0. The van der Waals surface area contributed by atoms with Crippen LogP contribution in [0.4, 0.5) is 8.78 Å². The monoisotopic (exact) mass is 293 g/mol. The highest BCUT2D eigenvalue weighted by atomic mass is 35.5. The van der Waals surface area contributed by atoms with Gasteiger partial charge in [-0.3, -0.25) is 0 Å². The fourth-order valence-electron chi connectivity index (χ4n) is 1.37. The maximum Gasteiger partial charge on any atom is 0.387 e. The molecule has 1 unspecified atom stereocenters. The van der Waals surface area contributed by atoms with Crippen molar-refractivity contribution < 1.29 is 18.6 Å². The molecule has 1 rings (SSSR count). The third-order valence-corrected chi connectivity index (χ3v) is 3.25. The molecule has 6 heteroatoms. The lowest BCUT2D eigenvalue weighted by molar-refractivity contribution is -0.0505. The molecule has 1 aromatic rings. The van der Waals surface area contributed by atoms with Gasteiger partial charge in [0.05, 0.1) is 6.10 Å². The Labute approximate surface area is 116 Å². The van der Waals surface area contributed by atoms with Crippen LogP contribution in [0.3, 0.4) is 0 Å². The highest BCUT2D eigenvalue weighted by Gasteiger charge is 2.23. The number of rotatable bonds is 6. The van der Waals surface area contributed by atoms with Crippen LogP contribution < -0.4 is 10.1 Å². The van der Waals surface area contributed by atoms with Gasteiger partial charge in [0, 0.05) is 22.7 Å². The van der Waals surface area contributed by atoms with E-state index >= 15 is 0 Å². The van der Waals surface area contributed by atoms with Crippen LogP contribution in [-0.2, 0) is 6.54 Å². The lowest BCUT2D eigenvalue weighted by Gasteiger charge is -2.30. The number of nitrogens with one attached hydrogen (secondary N) is 1. The number of benzene rings is 1. The van der Waals surface area contributed by atoms with E-state index in [9.17, 15) is 13.9 Å². The van der Waals surface area contributed by atoms with Crippen molar-refractivity contribution in [2.45, 2.75) is 45.6 Å². The van der Waals surface area contributed by atoms with E-state index < -0.39 is 18.3 Å². The number of halogens is 3. The Morgan fingerprint density at radius 2 is 2.05 bits per heavy atom. The molecule has 0 radical (unpaired) electrons. The highest BCUT2D eigenvalue weighted by molar-refractivity contribution is 6.30. The van der Waals surface area contributed by atoms with Gasteiger partial charge in [0.1, 0.15) is 5.75 Å². The zero-order valence-corrected chi connectivity index (χ0v) is 11.8. The lowest BCUT2D eigenvalue weighted by atomic mass is 9.98. The van der Waals surface area contributed by atoms with Gasteiger partial charge in [-0.25, -0.2) is 0 Å². The molecule has 0 aliphatic heterocycles. The number of ether oxygens (including phenoxy) is 1. The fraction of sp³-hybridized carbons (Fsp3) is 0.538. The zero-order valence-electron chi connectivity index (χ0n) is 11.1. The van der Waals surface area contributed by atoms with Gasteiger partial charge in [0.25, 0.3) is 0 Å². The Morgan fingerprint density at radius 1 is 1.42 bits per heavy atom. The van der Waals surface area contributed by atoms with E-state index in [1.807, 2.05) is 13.8 Å². The molecule has 1 aromatic carbocycles. The largest absolute Gasteiger partial charge is 0.434 e. The Balaban J connectivity index is 2.84. The second kappa shape index (κ2) is 6.50. The molecule has 0 aliphatic rings. The van der Waals surface area contributed by atoms with Crippen molar-refractivity contribution >= 4 is 11.6 Å². The number of alkyl halides is 2. The van der Waals surface area contributed by atoms with Crippen molar-refractivity contribution in [3.8, 4) is 5.75 Å². The van der Waals surface area contributed by atoms with Crippen LogP contribution in [-0.4, -0.2) is 23.4 Å². The molecule has 0 aromatic heterocycles. The summed E-state index contributed by atoms with van der Waals surface area (Å²) < 4.78 is 29.0. The normalized spacial score (nSPS) is 13.7. The molecule has 0 saturated heterocycles. The van der Waals surface area contributed by atoms with Crippen LogP contribution in [0.15, 0.2) is 18.2 Å². The average molecular weight is 294 g/mol. The van der Waals surface area contributed by atoms with Crippen molar-refractivity contribution in [1.82, 2.24) is 5.32 Å². The molecule has 19 heavy (non-hydrogen) atoms. The molecule has 2 N–H and O–H groups in total. The zero-order chi connectivity index (χ0) is 14.6. The Bertz CT molecular complexity index is 425. The molecule has 0 spiro atoms. The Morgan fingerprint density at radius 3 is 2.58 bits per heavy atom. The molecule has 0 heterocycles. The summed E-state index contributed by atoms with van der Waals surface area (Å²) >= 11 is 5.85. The minimum absolute atomic E-state index is 0.0771. The minimum Gasteiger partial charge on any atom is -0.434 e. The number of aliphatic hydroxyl groups excluding tert-OH is 1. The Kier molecular flexibility index (Phi) is 5.52. The molecule has 0 amide bonds. The quantitative estimate of drug-likeness (QED) is 0.846. The highest BCUT2D eigenvalue weighted by Crippen LogP contribution is 2.25. The van der Waals surface area contributed by atoms with Crippen LogP contribution in [0.2, 0.25) is 5.02 Å². The first-order valence-electron chi connectivity index (χ1n) is 5.88. The second-order valence-corrected chi connectivity index (χ2v) is 5.32. The van der Waals surface area contributed by atoms with Crippen LogP contribution in [0.25, 0.3) is 0 Å². The van der Waals surface area contributed by atoms with E-state index in [-0.39, 0.29) is 12.3 Å². The number of hydrogen-bond acceptors (Lipinski definition) is 3. The van der Waals surface area contributed by atoms with E-state index in [1.54, 1.807) is 13.0 Å². The van der Waals surface area contributed by atoms with Crippen molar-refractivity contribution in [2.24, 2.45) is 0 Å². The Hall–Kier alpha value is -0.910. The van der Waals surface area contributed by atoms with Gasteiger partial charge in [-0.05, 0) is 39.0 Å². The second-order valence-electron chi connectivity index (χ2n) is 4.88. The summed E-state index contributed by atoms with van der Waals surface area (Å²) in [6, 6.07) is 4.45. The van der Waals surface area contributed by atoms with E-state index in [0.29, 0.717) is 10.6 Å². The molecule has 1 atom stereocenters. The summed E-state index contributed by atoms with van der Waals surface area (Å²) in [5.74, 6) is 0.0771. The van der Waals surface area contributed by atoms with E-state index in [0.717, 1.165) is 0 Å². The molecular formula is C13H18ClF2NO2. The maximum atomic E-state index is 12.3. The predicted octanol–water partition coefficient (Wildman–Crippen LogP) is 3.19. The SMILES string of the molecule is CC(O)C(C)(C)NCc1cc(Cl)ccc1OC(F)F. The van der Waals surface area contributed by atoms with Gasteiger partial charge in [-0.2, -0.15) is 8.78 Å². The predicted molar refractivity (Wildman–Crippen MR) is 70.7 cm³/mol. The first-order valence-corrected chi connectivity index (χ1v) is 6.26. The van der Waals surface area contributed by atoms with Crippen LogP contribution in [0.1, 0.15) is 26.3 Å². The minimum atomic E-state index is -2.88. The smallest absolute Gasteiger partial charge is 0.387 e. The van der Waals surface area contributed by atoms with Crippen molar-refractivity contribution in [1.29, 1.82) is 0 Å². The summed E-state index contributed by atoms with van der Waals surface area (Å²) in [7, 11) is 0. The lowest BCUT2D eigenvalue weighted by Crippen LogP contribution is -2.47. The topological polar surface area (TPSA) is 41.5 Å². The molecule has 0 saturated carbocycles. The van der Waals surface area contributed by atoms with E-state index in [2.05, 4.69) is 10.1 Å². The maximum absolute atomic E-state index is 12.3. The summed E-state index contributed by atoms with van der Waals surface area (Å²) in [5.41, 5.74) is -0.0359. The van der Waals surface area contributed by atoms with Gasteiger partial charge in [0.2, 0.25) is 0 Å². The van der Waals surface area contributed by atoms with E-state index in [1.165, 1.54) is 12.1 Å². The number of aliphatic hydroxyl groups is 1. The molecule has 108 valence electrons. The molecule has 0 bridgehead atoms. The van der Waals surface area contributed by atoms with Gasteiger partial charge < -0.3 is 15.2 Å². The standard InChI is InChI=1S/C13H18ClF2NO2/c1-8(18)13(2,3)17-7-9-6-10(14)4-5-11(9)19-12(15)16/h4-6,8,12,17-18H,7H2,1-3H3. The summed E-state index contributed by atoms with van der Waals surface area (Å²) in [6.45, 7) is 2.66. The van der Waals surface area contributed by atoms with Crippen LogP contribution in [0.5, 0.6) is 5.75 Å². The van der Waals surface area contributed by atoms with E-state index in [4.69, 9.17) is 11.6 Å². The third-order valence-electron chi connectivity index (χ3n) is 3.02. The number of hydrogen-bond donors (Lipinski definition) is 2. The van der Waals surface area contributed by atoms with Crippen molar-refractivity contribution in [2.75, 3.05) is 0 Å².